The molecule has 0 aromatic carbocycles. The predicted octanol–water partition coefficient (Wildman–Crippen LogP) is 1.76. The van der Waals surface area contributed by atoms with E-state index >= 15 is 0 Å². The Labute approximate surface area is 118 Å². The van der Waals surface area contributed by atoms with Crippen LogP contribution in [0.1, 0.15) is 24.8 Å². The lowest BCUT2D eigenvalue weighted by Gasteiger charge is -2.32. The number of amides is 1. The minimum absolute atomic E-state index is 0.0766. The van der Waals surface area contributed by atoms with Gasteiger partial charge in [0.05, 0.1) is 12.6 Å². The van der Waals surface area contributed by atoms with Crippen LogP contribution >= 0.6 is 11.3 Å². The molecule has 1 aliphatic heterocycles. The van der Waals surface area contributed by atoms with E-state index in [2.05, 4.69) is 5.38 Å². The van der Waals surface area contributed by atoms with E-state index in [1.807, 2.05) is 23.4 Å². The molecular formula is C14H20N2O2S. The van der Waals surface area contributed by atoms with Crippen molar-refractivity contribution in [2.75, 3.05) is 20.1 Å². The van der Waals surface area contributed by atoms with Crippen LogP contribution in [0, 0.1) is 0 Å². The molecule has 1 amide bonds. The fourth-order valence-electron chi connectivity index (χ4n) is 2.41. The molecule has 1 saturated heterocycles. The highest BCUT2D eigenvalue weighted by Gasteiger charge is 2.24. The topological polar surface area (TPSA) is 40.6 Å². The smallest absolute Gasteiger partial charge is 0.236 e. The van der Waals surface area contributed by atoms with Crippen molar-refractivity contribution in [1.29, 1.82) is 0 Å². The molecule has 0 saturated carbocycles. The molecule has 4 nitrogen and oxygen atoms in total. The number of aldehydes is 1. The summed E-state index contributed by atoms with van der Waals surface area (Å²) in [5.74, 6) is 0.0833. The average molecular weight is 280 g/mol. The molecule has 0 bridgehead atoms. The monoisotopic (exact) mass is 280 g/mol. The molecule has 0 radical (unpaired) electrons. The Morgan fingerprint density at radius 3 is 3.11 bits per heavy atom. The van der Waals surface area contributed by atoms with Gasteiger partial charge in [0, 0.05) is 13.6 Å². The zero-order valence-electron chi connectivity index (χ0n) is 11.2. The summed E-state index contributed by atoms with van der Waals surface area (Å²) in [6.45, 7) is 1.84. The Kier molecular flexibility index (Phi) is 5.10. The maximum absolute atomic E-state index is 12.2. The van der Waals surface area contributed by atoms with E-state index in [0.29, 0.717) is 13.1 Å². The van der Waals surface area contributed by atoms with Gasteiger partial charge >= 0.3 is 0 Å². The Morgan fingerprint density at radius 1 is 1.58 bits per heavy atom. The van der Waals surface area contributed by atoms with Crippen LogP contribution in [0.5, 0.6) is 0 Å². The predicted molar refractivity (Wildman–Crippen MR) is 76.1 cm³/mol. The molecule has 1 atom stereocenters. The van der Waals surface area contributed by atoms with Gasteiger partial charge in [0.15, 0.2) is 0 Å². The van der Waals surface area contributed by atoms with Gasteiger partial charge < -0.3 is 9.69 Å². The van der Waals surface area contributed by atoms with E-state index in [0.717, 1.165) is 37.7 Å². The van der Waals surface area contributed by atoms with Crippen molar-refractivity contribution in [2.24, 2.45) is 0 Å². The van der Waals surface area contributed by atoms with Crippen molar-refractivity contribution in [3.8, 4) is 0 Å². The molecule has 5 heteroatoms. The summed E-state index contributed by atoms with van der Waals surface area (Å²) in [6, 6.07) is 1.95. The summed E-state index contributed by atoms with van der Waals surface area (Å²) in [5, 5.41) is 4.07. The van der Waals surface area contributed by atoms with Gasteiger partial charge in [0.25, 0.3) is 0 Å². The largest absolute Gasteiger partial charge is 0.340 e. The maximum Gasteiger partial charge on any atom is 0.236 e. The average Bonchev–Trinajstić information content (AvgIpc) is 2.92. The Bertz CT molecular complexity index is 419. The van der Waals surface area contributed by atoms with Crippen molar-refractivity contribution in [2.45, 2.75) is 31.8 Å². The molecule has 2 heterocycles. The summed E-state index contributed by atoms with van der Waals surface area (Å²) in [4.78, 5) is 26.9. The van der Waals surface area contributed by atoms with Crippen molar-refractivity contribution in [3.63, 3.8) is 0 Å². The number of hydrogen-bond donors (Lipinski definition) is 0. The highest BCUT2D eigenvalue weighted by Crippen LogP contribution is 2.15. The van der Waals surface area contributed by atoms with Gasteiger partial charge in [-0.15, -0.1) is 0 Å². The van der Waals surface area contributed by atoms with E-state index in [1.165, 1.54) is 0 Å². The van der Waals surface area contributed by atoms with Crippen molar-refractivity contribution in [3.05, 3.63) is 22.4 Å². The third-order valence-corrected chi connectivity index (χ3v) is 4.32. The molecule has 1 aromatic rings. The number of likely N-dealkylation sites (tertiary alicyclic amines) is 1. The third kappa shape index (κ3) is 3.88. The number of carbonyl (C=O) groups excluding carboxylic acids is 2. The van der Waals surface area contributed by atoms with Crippen LogP contribution in [0.3, 0.4) is 0 Å². The van der Waals surface area contributed by atoms with E-state index in [1.54, 1.807) is 16.2 Å². The fraction of sp³-hybridized carbons (Fsp3) is 0.571. The number of rotatable bonds is 5. The first-order chi connectivity index (χ1) is 9.20. The number of likely N-dealkylation sites (N-methyl/N-ethyl adjacent to an activating group) is 1. The minimum atomic E-state index is -0.0766. The van der Waals surface area contributed by atoms with Crippen LogP contribution in [-0.2, 0) is 16.1 Å². The standard InChI is InChI=1S/C14H20N2O2S/c1-15(8-12-5-7-19-11-12)14(18)9-16-6-3-2-4-13(16)10-17/h5,7,10-11,13H,2-4,6,8-9H2,1H3. The van der Waals surface area contributed by atoms with E-state index < -0.39 is 0 Å². The molecule has 19 heavy (non-hydrogen) atoms. The van der Waals surface area contributed by atoms with Crippen molar-refractivity contribution < 1.29 is 9.59 Å². The minimum Gasteiger partial charge on any atom is -0.340 e. The second-order valence-corrected chi connectivity index (χ2v) is 5.83. The molecule has 0 spiro atoms. The van der Waals surface area contributed by atoms with Crippen LogP contribution in [-0.4, -0.2) is 48.2 Å². The Balaban J connectivity index is 1.87. The lowest BCUT2D eigenvalue weighted by molar-refractivity contribution is -0.133. The van der Waals surface area contributed by atoms with Gasteiger partial charge in [-0.3, -0.25) is 9.69 Å². The molecule has 1 aliphatic rings. The summed E-state index contributed by atoms with van der Waals surface area (Å²) in [5.41, 5.74) is 1.16. The van der Waals surface area contributed by atoms with Crippen LogP contribution in [0.2, 0.25) is 0 Å². The van der Waals surface area contributed by atoms with Crippen molar-refractivity contribution >= 4 is 23.5 Å². The zero-order chi connectivity index (χ0) is 13.7. The quantitative estimate of drug-likeness (QED) is 0.772. The van der Waals surface area contributed by atoms with Gasteiger partial charge in [-0.1, -0.05) is 6.42 Å². The first-order valence-electron chi connectivity index (χ1n) is 6.65. The summed E-state index contributed by atoms with van der Waals surface area (Å²) in [7, 11) is 1.82. The van der Waals surface area contributed by atoms with Crippen LogP contribution in [0.4, 0.5) is 0 Å². The Hall–Kier alpha value is -1.20. The van der Waals surface area contributed by atoms with Gasteiger partial charge in [-0.05, 0) is 41.8 Å². The molecule has 0 aliphatic carbocycles. The summed E-state index contributed by atoms with van der Waals surface area (Å²) < 4.78 is 0. The van der Waals surface area contributed by atoms with Crippen LogP contribution < -0.4 is 0 Å². The number of nitrogens with zero attached hydrogens (tertiary/aromatic N) is 2. The van der Waals surface area contributed by atoms with Crippen molar-refractivity contribution in [1.82, 2.24) is 9.80 Å². The van der Waals surface area contributed by atoms with Gasteiger partial charge in [-0.2, -0.15) is 11.3 Å². The van der Waals surface area contributed by atoms with Crippen LogP contribution in [0.15, 0.2) is 16.8 Å². The molecule has 1 fully saturated rings. The highest BCUT2D eigenvalue weighted by atomic mass is 32.1. The van der Waals surface area contributed by atoms with Crippen LogP contribution in [0.25, 0.3) is 0 Å². The first kappa shape index (κ1) is 14.2. The molecule has 0 N–H and O–H groups in total. The summed E-state index contributed by atoms with van der Waals surface area (Å²) >= 11 is 1.64. The number of carbonyl (C=O) groups is 2. The third-order valence-electron chi connectivity index (χ3n) is 3.59. The lowest BCUT2D eigenvalue weighted by Crippen LogP contribution is -2.46. The molecule has 1 unspecified atom stereocenters. The molecular weight excluding hydrogens is 260 g/mol. The Morgan fingerprint density at radius 2 is 2.42 bits per heavy atom. The maximum atomic E-state index is 12.2. The fourth-order valence-corrected chi connectivity index (χ4v) is 3.07. The zero-order valence-corrected chi connectivity index (χ0v) is 12.1. The number of hydrogen-bond acceptors (Lipinski definition) is 4. The SMILES string of the molecule is CN(Cc1ccsc1)C(=O)CN1CCCCC1C=O. The van der Waals surface area contributed by atoms with E-state index in [-0.39, 0.29) is 11.9 Å². The molecule has 104 valence electrons. The highest BCUT2D eigenvalue weighted by molar-refractivity contribution is 7.07. The molecule has 1 aromatic heterocycles. The number of thiophene rings is 1. The lowest BCUT2D eigenvalue weighted by atomic mass is 10.0. The number of piperidine rings is 1. The second-order valence-electron chi connectivity index (χ2n) is 5.05. The van der Waals surface area contributed by atoms with Gasteiger partial charge in [0.1, 0.15) is 6.29 Å². The van der Waals surface area contributed by atoms with E-state index in [9.17, 15) is 9.59 Å². The first-order valence-corrected chi connectivity index (χ1v) is 7.59. The van der Waals surface area contributed by atoms with Gasteiger partial charge in [-0.25, -0.2) is 0 Å². The summed E-state index contributed by atoms with van der Waals surface area (Å²) in [6.07, 6.45) is 4.01. The normalized spacial score (nSPS) is 20.2. The molecule has 2 rings (SSSR count). The van der Waals surface area contributed by atoms with E-state index in [4.69, 9.17) is 0 Å². The second kappa shape index (κ2) is 6.82. The van der Waals surface area contributed by atoms with Gasteiger partial charge in [0.2, 0.25) is 5.91 Å².